The molecule has 0 aliphatic carbocycles. The van der Waals surface area contributed by atoms with Crippen LogP contribution in [0, 0.1) is 5.92 Å². The number of aliphatic hydroxyl groups excluding tert-OH is 1. The van der Waals surface area contributed by atoms with Gasteiger partial charge in [-0.1, -0.05) is 20.1 Å². The number of benzene rings is 1. The van der Waals surface area contributed by atoms with Crippen molar-refractivity contribution in [3.8, 4) is 5.75 Å². The van der Waals surface area contributed by atoms with Crippen LogP contribution in [0.3, 0.4) is 0 Å². The number of rotatable bonds is 12. The number of nitrogens with zero attached hydrogens (tertiary/aromatic N) is 1. The highest BCUT2D eigenvalue weighted by Crippen LogP contribution is 2.21. The molecule has 0 aliphatic heterocycles. The molecule has 6 nitrogen and oxygen atoms in total. The summed E-state index contributed by atoms with van der Waals surface area (Å²) in [6.45, 7) is 4.24. The molecule has 2 N–H and O–H groups in total. The van der Waals surface area contributed by atoms with E-state index in [-0.39, 0.29) is 23.4 Å². The Balaban J connectivity index is 3.04. The van der Waals surface area contributed by atoms with Gasteiger partial charge in [-0.15, -0.1) is 8.20 Å². The molecule has 0 amide bonds. The molecule has 0 fully saturated rings. The lowest BCUT2D eigenvalue weighted by molar-refractivity contribution is 0.111. The van der Waals surface area contributed by atoms with E-state index < -0.39 is 16.1 Å². The minimum absolute atomic E-state index is 0.0177. The number of ether oxygens (including phenoxy) is 1. The summed E-state index contributed by atoms with van der Waals surface area (Å²) in [7, 11) is -1.20. The summed E-state index contributed by atoms with van der Waals surface area (Å²) in [6.07, 6.45) is 4.44. The molecule has 26 heavy (non-hydrogen) atoms. The van der Waals surface area contributed by atoms with E-state index >= 15 is 0 Å². The van der Waals surface area contributed by atoms with Crippen LogP contribution in [0.2, 0.25) is 0 Å². The number of methoxy groups -OCH3 is 1. The lowest BCUT2D eigenvalue weighted by Gasteiger charge is -2.29. The molecule has 0 saturated carbocycles. The van der Waals surface area contributed by atoms with Crippen LogP contribution in [0.4, 0.5) is 0 Å². The van der Waals surface area contributed by atoms with E-state index in [1.54, 1.807) is 12.1 Å². The van der Waals surface area contributed by atoms with Gasteiger partial charge < -0.3 is 9.84 Å². The van der Waals surface area contributed by atoms with Gasteiger partial charge in [0.05, 0.1) is 18.1 Å². The number of hydrogen-bond acceptors (Lipinski definition) is 5. The van der Waals surface area contributed by atoms with Crippen molar-refractivity contribution in [3.63, 3.8) is 0 Å². The van der Waals surface area contributed by atoms with E-state index in [0.717, 1.165) is 14.4 Å². The van der Waals surface area contributed by atoms with Crippen molar-refractivity contribution in [2.45, 2.75) is 37.3 Å². The van der Waals surface area contributed by atoms with Crippen molar-refractivity contribution in [1.82, 2.24) is 8.65 Å². The van der Waals surface area contributed by atoms with Crippen LogP contribution in [0.5, 0.6) is 5.75 Å². The minimum atomic E-state index is -3.72. The molecule has 1 rings (SSSR count). The number of nitrogens with one attached hydrogen (secondary N) is 1. The van der Waals surface area contributed by atoms with E-state index in [4.69, 9.17) is 4.74 Å². The first-order valence-electron chi connectivity index (χ1n) is 8.37. The van der Waals surface area contributed by atoms with E-state index in [0.29, 0.717) is 18.7 Å². The van der Waals surface area contributed by atoms with Gasteiger partial charge in [0.25, 0.3) is 0 Å². The molecule has 0 bridgehead atoms. The number of sulfonamides is 1. The number of halogens is 1. The standard InChI is InChI=1S/C17H28BrN2O4PS/c1-13(2)11-20(12-17(21)16(19-18)9-10-25-4)26(22,23)15-7-5-14(24-3)6-8-15/h5-8,13,16-17,19,21H,4,9-12H2,1-3H3. The van der Waals surface area contributed by atoms with Crippen LogP contribution in [-0.2, 0) is 10.0 Å². The second-order valence-corrected chi connectivity index (χ2v) is 9.70. The fraction of sp³-hybridized carbons (Fsp3) is 0.588. The normalized spacial score (nSPS) is 14.7. The smallest absolute Gasteiger partial charge is 0.243 e. The minimum Gasteiger partial charge on any atom is -0.497 e. The first kappa shape index (κ1) is 23.5. The summed E-state index contributed by atoms with van der Waals surface area (Å²) in [6, 6.07) is 6.02. The molecule has 148 valence electrons. The summed E-state index contributed by atoms with van der Waals surface area (Å²) < 4.78 is 35.4. The Morgan fingerprint density at radius 3 is 2.38 bits per heavy atom. The zero-order chi connectivity index (χ0) is 19.7. The van der Waals surface area contributed by atoms with Crippen LogP contribution in [-0.4, -0.2) is 62.6 Å². The number of hydrogen-bond donors (Lipinski definition) is 2. The maximum absolute atomic E-state index is 13.1. The molecule has 2 unspecified atom stereocenters. The molecule has 0 heterocycles. The first-order valence-corrected chi connectivity index (χ1v) is 11.9. The van der Waals surface area contributed by atoms with Gasteiger partial charge in [-0.2, -0.15) is 4.31 Å². The predicted molar refractivity (Wildman–Crippen MR) is 112 cm³/mol. The molecule has 1 aromatic carbocycles. The fourth-order valence-electron chi connectivity index (χ4n) is 2.46. The van der Waals surface area contributed by atoms with Crippen molar-refractivity contribution in [2.24, 2.45) is 5.92 Å². The van der Waals surface area contributed by atoms with Gasteiger partial charge in [-0.05, 0) is 42.8 Å². The Kier molecular flexibility index (Phi) is 10.3. The zero-order valence-corrected chi connectivity index (χ0v) is 18.7. The van der Waals surface area contributed by atoms with E-state index in [9.17, 15) is 13.5 Å². The maximum atomic E-state index is 13.1. The zero-order valence-electron chi connectivity index (χ0n) is 15.4. The molecule has 0 radical (unpaired) electrons. The molecule has 1 aromatic rings. The fourth-order valence-corrected chi connectivity index (χ4v) is 5.08. The van der Waals surface area contributed by atoms with E-state index in [1.807, 2.05) is 13.8 Å². The second-order valence-electron chi connectivity index (χ2n) is 6.41. The molecule has 2 atom stereocenters. The monoisotopic (exact) mass is 466 g/mol. The lowest BCUT2D eigenvalue weighted by atomic mass is 10.1. The van der Waals surface area contributed by atoms with Gasteiger partial charge in [-0.25, -0.2) is 8.42 Å². The highest BCUT2D eigenvalue weighted by Gasteiger charge is 2.30. The van der Waals surface area contributed by atoms with Gasteiger partial charge >= 0.3 is 0 Å². The van der Waals surface area contributed by atoms with Crippen molar-refractivity contribution >= 4 is 40.7 Å². The highest BCUT2D eigenvalue weighted by molar-refractivity contribution is 9.08. The quantitative estimate of drug-likeness (QED) is 0.365. The van der Waals surface area contributed by atoms with Crippen LogP contribution in [0.25, 0.3) is 0 Å². The van der Waals surface area contributed by atoms with Crippen LogP contribution < -0.4 is 9.08 Å². The number of aliphatic hydroxyl groups is 1. The van der Waals surface area contributed by atoms with E-state index in [2.05, 4.69) is 26.8 Å². The largest absolute Gasteiger partial charge is 0.497 e. The van der Waals surface area contributed by atoms with Gasteiger partial charge in [0.2, 0.25) is 10.0 Å². The summed E-state index contributed by atoms with van der Waals surface area (Å²) in [5, 5.41) is 10.6. The van der Waals surface area contributed by atoms with E-state index in [1.165, 1.54) is 23.5 Å². The SMILES string of the molecule is C=PCCC(NBr)C(O)CN(CC(C)C)S(=O)(=O)c1ccc(OC)cc1. The molecule has 0 spiro atoms. The Hall–Kier alpha value is -0.500. The summed E-state index contributed by atoms with van der Waals surface area (Å²) >= 11 is 3.18. The summed E-state index contributed by atoms with van der Waals surface area (Å²) in [5.41, 5.74) is 0. The van der Waals surface area contributed by atoms with Crippen LogP contribution >= 0.6 is 24.4 Å². The molecule has 0 aromatic heterocycles. The summed E-state index contributed by atoms with van der Waals surface area (Å²) in [5.74, 6) is 0.722. The Morgan fingerprint density at radius 2 is 1.92 bits per heavy atom. The van der Waals surface area contributed by atoms with Crippen molar-refractivity contribution in [1.29, 1.82) is 0 Å². The predicted octanol–water partition coefficient (Wildman–Crippen LogP) is 2.74. The molecule has 0 aliphatic rings. The molecular formula is C17H28BrN2O4PS. The molecule has 9 heteroatoms. The maximum Gasteiger partial charge on any atom is 0.243 e. The Labute approximate surface area is 167 Å². The topological polar surface area (TPSA) is 78.9 Å². The lowest BCUT2D eigenvalue weighted by Crippen LogP contribution is -2.46. The van der Waals surface area contributed by atoms with Gasteiger partial charge in [0.15, 0.2) is 0 Å². The highest BCUT2D eigenvalue weighted by atomic mass is 79.9. The molecule has 0 saturated heterocycles. The average molecular weight is 467 g/mol. The van der Waals surface area contributed by atoms with Gasteiger partial charge in [-0.3, -0.25) is 4.34 Å². The second kappa shape index (κ2) is 11.4. The van der Waals surface area contributed by atoms with Gasteiger partial charge in [0.1, 0.15) is 5.75 Å². The van der Waals surface area contributed by atoms with Crippen LogP contribution in [0.1, 0.15) is 20.3 Å². The van der Waals surface area contributed by atoms with Crippen LogP contribution in [0.15, 0.2) is 29.2 Å². The third kappa shape index (κ3) is 6.91. The first-order chi connectivity index (χ1) is 12.3. The molecular weight excluding hydrogens is 439 g/mol. The Morgan fingerprint density at radius 1 is 1.31 bits per heavy atom. The summed E-state index contributed by atoms with van der Waals surface area (Å²) in [4.78, 5) is 0.186. The van der Waals surface area contributed by atoms with Crippen molar-refractivity contribution in [2.75, 3.05) is 26.4 Å². The van der Waals surface area contributed by atoms with Gasteiger partial charge in [0, 0.05) is 35.3 Å². The Bertz CT molecular complexity index is 655. The third-order valence-corrected chi connectivity index (χ3v) is 6.87. The van der Waals surface area contributed by atoms with Crippen molar-refractivity contribution in [3.05, 3.63) is 24.3 Å². The third-order valence-electron chi connectivity index (χ3n) is 3.86. The average Bonchev–Trinajstić information content (AvgIpc) is 2.61. The van der Waals surface area contributed by atoms with Crippen molar-refractivity contribution < 1.29 is 18.3 Å².